The van der Waals surface area contributed by atoms with Gasteiger partial charge in [-0.1, -0.05) is 0 Å². The van der Waals surface area contributed by atoms with E-state index >= 15 is 0 Å². The van der Waals surface area contributed by atoms with Crippen LogP contribution in [0.15, 0.2) is 0 Å². The smallest absolute Gasteiger partial charge is 1.00 e. The summed E-state index contributed by atoms with van der Waals surface area (Å²) in [5.41, 5.74) is 0. The zero-order chi connectivity index (χ0) is 3.54. The molecule has 0 amide bonds. The summed E-state index contributed by atoms with van der Waals surface area (Å²) in [5, 5.41) is 0. The molecule has 1 fully saturated rings. The molecular formula is C5H8Br2Mg2. The summed E-state index contributed by atoms with van der Waals surface area (Å²) < 4.78 is 0. The van der Waals surface area contributed by atoms with E-state index in [0.29, 0.717) is 0 Å². The van der Waals surface area contributed by atoms with Crippen LogP contribution in [0.4, 0.5) is 0 Å². The van der Waals surface area contributed by atoms with Crippen molar-refractivity contribution < 1.29 is 34.0 Å². The van der Waals surface area contributed by atoms with Crippen molar-refractivity contribution in [2.24, 2.45) is 0 Å². The fourth-order valence-electron chi connectivity index (χ4n) is 0.589. The Bertz CT molecular complexity index is 24.5. The summed E-state index contributed by atoms with van der Waals surface area (Å²) in [6.45, 7) is 0. The molecule has 4 heteroatoms. The van der Waals surface area contributed by atoms with E-state index in [1.165, 1.54) is 19.3 Å². The van der Waals surface area contributed by atoms with Gasteiger partial charge in [0.05, 0.1) is 0 Å². The summed E-state index contributed by atoms with van der Waals surface area (Å²) >= 11 is 0. The van der Waals surface area contributed by atoms with E-state index < -0.39 is 0 Å². The van der Waals surface area contributed by atoms with E-state index in [2.05, 4.69) is 12.8 Å². The Labute approximate surface area is 111 Å². The van der Waals surface area contributed by atoms with Crippen molar-refractivity contribution >= 4 is 46.1 Å². The molecule has 1 saturated carbocycles. The van der Waals surface area contributed by atoms with Gasteiger partial charge < -0.3 is 53.2 Å². The van der Waals surface area contributed by atoms with Gasteiger partial charge in [-0.2, -0.15) is 0 Å². The molecule has 0 radical (unpaired) electrons. The van der Waals surface area contributed by atoms with Crippen LogP contribution in [0.25, 0.3) is 0 Å². The summed E-state index contributed by atoms with van der Waals surface area (Å²) in [5.74, 6) is 0. The molecular weight excluding hydrogens is 268 g/mol. The SMILES string of the molecule is [Br-].[Br-].[CH-]1C[CH-]CC1.[Mg+2].[Mg+2]. The molecule has 0 nitrogen and oxygen atoms in total. The van der Waals surface area contributed by atoms with Gasteiger partial charge in [0.1, 0.15) is 0 Å². The second-order valence-corrected chi connectivity index (χ2v) is 1.39. The van der Waals surface area contributed by atoms with Crippen molar-refractivity contribution in [2.45, 2.75) is 19.3 Å². The second-order valence-electron chi connectivity index (χ2n) is 1.39. The molecule has 1 aliphatic carbocycles. The summed E-state index contributed by atoms with van der Waals surface area (Å²) in [7, 11) is 0. The predicted molar refractivity (Wildman–Crippen MR) is 34.0 cm³/mol. The first kappa shape index (κ1) is 22.5. The molecule has 9 heavy (non-hydrogen) atoms. The van der Waals surface area contributed by atoms with Crippen LogP contribution in [-0.2, 0) is 0 Å². The Balaban J connectivity index is -0.0000000312. The molecule has 0 bridgehead atoms. The van der Waals surface area contributed by atoms with Crippen LogP contribution in [0.1, 0.15) is 19.3 Å². The van der Waals surface area contributed by atoms with Crippen LogP contribution in [0.5, 0.6) is 0 Å². The minimum atomic E-state index is 0. The average Bonchev–Trinajstić information content (AvgIpc) is 1.76. The Kier molecular flexibility index (Phi) is 42.2. The van der Waals surface area contributed by atoms with E-state index in [-0.39, 0.29) is 80.1 Å². The minimum absolute atomic E-state index is 0. The Morgan fingerprint density at radius 1 is 0.778 bits per heavy atom. The summed E-state index contributed by atoms with van der Waals surface area (Å²) in [6, 6.07) is 0. The van der Waals surface area contributed by atoms with Crippen molar-refractivity contribution in [1.82, 2.24) is 0 Å². The van der Waals surface area contributed by atoms with E-state index in [0.717, 1.165) is 0 Å². The molecule has 0 atom stereocenters. The molecule has 0 aromatic carbocycles. The molecule has 0 aromatic heterocycles. The first-order valence-corrected chi connectivity index (χ1v) is 2.13. The maximum Gasteiger partial charge on any atom is 2.00 e. The van der Waals surface area contributed by atoms with Gasteiger partial charge in [0.25, 0.3) is 0 Å². The van der Waals surface area contributed by atoms with Gasteiger partial charge in [-0.15, -0.1) is 0 Å². The largest absolute Gasteiger partial charge is 2.00 e. The summed E-state index contributed by atoms with van der Waals surface area (Å²) in [6.07, 6.45) is 8.50. The molecule has 0 aliphatic heterocycles. The molecule has 46 valence electrons. The van der Waals surface area contributed by atoms with Gasteiger partial charge in [-0.3, -0.25) is 0 Å². The van der Waals surface area contributed by atoms with E-state index in [4.69, 9.17) is 0 Å². The zero-order valence-electron chi connectivity index (χ0n) is 5.45. The monoisotopic (exact) mass is 274 g/mol. The van der Waals surface area contributed by atoms with Crippen LogP contribution >= 0.6 is 0 Å². The van der Waals surface area contributed by atoms with Crippen molar-refractivity contribution in [1.29, 1.82) is 0 Å². The van der Waals surface area contributed by atoms with Gasteiger partial charge in [-0.25, -0.2) is 12.8 Å². The first-order valence-electron chi connectivity index (χ1n) is 2.13. The van der Waals surface area contributed by atoms with Gasteiger partial charge in [0, 0.05) is 0 Å². The van der Waals surface area contributed by atoms with Crippen LogP contribution in [0.3, 0.4) is 0 Å². The fourth-order valence-corrected chi connectivity index (χ4v) is 0.589. The van der Waals surface area contributed by atoms with Crippen LogP contribution in [0, 0.1) is 12.8 Å². The molecule has 0 N–H and O–H groups in total. The van der Waals surface area contributed by atoms with Crippen molar-refractivity contribution in [3.63, 3.8) is 0 Å². The van der Waals surface area contributed by atoms with Crippen LogP contribution in [0.2, 0.25) is 0 Å². The third-order valence-corrected chi connectivity index (χ3v) is 0.908. The molecule has 0 heterocycles. The molecule has 0 saturated heterocycles. The van der Waals surface area contributed by atoms with Gasteiger partial charge in [-0.05, 0) is 0 Å². The number of hydrogen-bond acceptors (Lipinski definition) is 0. The summed E-state index contributed by atoms with van der Waals surface area (Å²) in [4.78, 5) is 0. The third kappa shape index (κ3) is 13.5. The van der Waals surface area contributed by atoms with Crippen LogP contribution in [-0.4, -0.2) is 46.1 Å². The molecule has 0 spiro atoms. The number of hydrogen-bond donors (Lipinski definition) is 0. The van der Waals surface area contributed by atoms with Gasteiger partial charge in [0.2, 0.25) is 0 Å². The van der Waals surface area contributed by atoms with E-state index in [1.807, 2.05) is 0 Å². The van der Waals surface area contributed by atoms with Crippen LogP contribution < -0.4 is 34.0 Å². The van der Waals surface area contributed by atoms with E-state index in [9.17, 15) is 0 Å². The molecule has 0 unspecified atom stereocenters. The zero-order valence-corrected chi connectivity index (χ0v) is 11.4. The molecule has 1 aliphatic rings. The predicted octanol–water partition coefficient (Wildman–Crippen LogP) is -5.17. The van der Waals surface area contributed by atoms with Crippen molar-refractivity contribution in [3.05, 3.63) is 12.8 Å². The number of halogens is 2. The van der Waals surface area contributed by atoms with Gasteiger partial charge >= 0.3 is 46.1 Å². The maximum atomic E-state index is 2.31. The number of rotatable bonds is 0. The standard InChI is InChI=1S/C5H8.2BrH.2Mg/c1-2-4-5-3-1;;;;/h1,4H,2-3,5H2;2*1H;;/q-2;;;2*+2/p-2. The quantitative estimate of drug-likeness (QED) is 0.307. The van der Waals surface area contributed by atoms with Crippen molar-refractivity contribution in [2.75, 3.05) is 0 Å². The van der Waals surface area contributed by atoms with E-state index in [1.54, 1.807) is 0 Å². The van der Waals surface area contributed by atoms with Gasteiger partial charge in [0.15, 0.2) is 0 Å². The third-order valence-electron chi connectivity index (χ3n) is 0.908. The second kappa shape index (κ2) is 16.8. The Morgan fingerprint density at radius 2 is 1.11 bits per heavy atom. The Morgan fingerprint density at radius 3 is 1.22 bits per heavy atom. The minimum Gasteiger partial charge on any atom is -1.00 e. The average molecular weight is 277 g/mol. The Hall–Kier alpha value is 2.49. The first-order chi connectivity index (χ1) is 2.50. The maximum absolute atomic E-state index is 2.31. The topological polar surface area (TPSA) is 0 Å². The molecule has 0 aromatic rings. The fraction of sp³-hybridized carbons (Fsp3) is 0.600. The molecule has 1 rings (SSSR count). The van der Waals surface area contributed by atoms with Crippen molar-refractivity contribution in [3.8, 4) is 0 Å². The normalized spacial score (nSPS) is 13.3.